The van der Waals surface area contributed by atoms with Crippen LogP contribution in [0.3, 0.4) is 0 Å². The zero-order chi connectivity index (χ0) is 14.4. The van der Waals surface area contributed by atoms with Crippen molar-refractivity contribution in [3.63, 3.8) is 0 Å². The molecule has 0 spiro atoms. The van der Waals surface area contributed by atoms with E-state index in [9.17, 15) is 4.79 Å². The quantitative estimate of drug-likeness (QED) is 0.776. The minimum atomic E-state index is 0.130. The maximum absolute atomic E-state index is 11.9. The minimum absolute atomic E-state index is 0.130. The van der Waals surface area contributed by atoms with E-state index in [0.717, 1.165) is 38.7 Å². The minimum Gasteiger partial charge on any atom is -0.378 e. The predicted molar refractivity (Wildman–Crippen MR) is 79.7 cm³/mol. The van der Waals surface area contributed by atoms with E-state index in [1.807, 2.05) is 0 Å². The average molecular weight is 283 g/mol. The molecule has 2 saturated heterocycles. The number of hydrogen-bond acceptors (Lipinski definition) is 4. The fraction of sp³-hybridized carbons (Fsp3) is 0.933. The van der Waals surface area contributed by atoms with E-state index in [1.54, 1.807) is 0 Å². The summed E-state index contributed by atoms with van der Waals surface area (Å²) in [5.74, 6) is 0.982. The Morgan fingerprint density at radius 2 is 2.20 bits per heavy atom. The highest BCUT2D eigenvalue weighted by Gasteiger charge is 2.21. The Morgan fingerprint density at radius 3 is 2.85 bits per heavy atom. The van der Waals surface area contributed by atoms with Crippen LogP contribution in [0.15, 0.2) is 0 Å². The van der Waals surface area contributed by atoms with Gasteiger partial charge in [0, 0.05) is 31.6 Å². The Balaban J connectivity index is 1.62. The molecule has 0 aromatic carbocycles. The maximum Gasteiger partial charge on any atom is 0.221 e. The Kier molecular flexibility index (Phi) is 6.26. The molecule has 116 valence electrons. The molecule has 1 amide bonds. The lowest BCUT2D eigenvalue weighted by molar-refractivity contribution is -0.122. The largest absolute Gasteiger partial charge is 0.378 e. The summed E-state index contributed by atoms with van der Waals surface area (Å²) in [6.45, 7) is 9.85. The summed E-state index contributed by atoms with van der Waals surface area (Å²) in [6.07, 6.45) is 3.08. The molecule has 0 bridgehead atoms. The van der Waals surface area contributed by atoms with Gasteiger partial charge in [0.05, 0.1) is 13.2 Å². The van der Waals surface area contributed by atoms with Crippen LogP contribution in [0.5, 0.6) is 0 Å². The predicted octanol–water partition coefficient (Wildman–Crippen LogP) is 0.602. The van der Waals surface area contributed by atoms with E-state index in [1.165, 1.54) is 12.8 Å². The number of likely N-dealkylation sites (tertiary alicyclic amines) is 1. The van der Waals surface area contributed by atoms with Crippen molar-refractivity contribution in [2.24, 2.45) is 5.92 Å². The molecule has 20 heavy (non-hydrogen) atoms. The zero-order valence-corrected chi connectivity index (χ0v) is 12.9. The zero-order valence-electron chi connectivity index (χ0n) is 12.9. The molecule has 2 unspecified atom stereocenters. The molecule has 0 aromatic rings. The summed E-state index contributed by atoms with van der Waals surface area (Å²) < 4.78 is 5.36. The Labute approximate surface area is 122 Å². The topological polar surface area (TPSA) is 53.6 Å². The van der Waals surface area contributed by atoms with E-state index in [4.69, 9.17) is 4.74 Å². The van der Waals surface area contributed by atoms with Gasteiger partial charge < -0.3 is 15.4 Å². The second-order valence-corrected chi connectivity index (χ2v) is 6.30. The highest BCUT2D eigenvalue weighted by Crippen LogP contribution is 2.17. The van der Waals surface area contributed by atoms with Crippen molar-refractivity contribution in [2.45, 2.75) is 45.2 Å². The van der Waals surface area contributed by atoms with Crippen LogP contribution in [0.4, 0.5) is 0 Å². The fourth-order valence-electron chi connectivity index (χ4n) is 2.91. The monoisotopic (exact) mass is 283 g/mol. The first-order chi connectivity index (χ1) is 9.65. The number of carbonyl (C=O) groups is 1. The van der Waals surface area contributed by atoms with E-state index in [-0.39, 0.29) is 11.9 Å². The molecule has 5 heteroatoms. The first-order valence-corrected chi connectivity index (χ1v) is 7.97. The summed E-state index contributed by atoms with van der Waals surface area (Å²) in [5, 5.41) is 6.37. The van der Waals surface area contributed by atoms with Crippen LogP contribution in [0.25, 0.3) is 0 Å². The number of nitrogens with zero attached hydrogens (tertiary/aromatic N) is 1. The number of carbonyl (C=O) groups excluding carboxylic acids is 1. The third-order valence-electron chi connectivity index (χ3n) is 4.47. The summed E-state index contributed by atoms with van der Waals surface area (Å²) in [5.41, 5.74) is 0. The lowest BCUT2D eigenvalue weighted by Gasteiger charge is -2.35. The Hall–Kier alpha value is -0.650. The summed E-state index contributed by atoms with van der Waals surface area (Å²) in [4.78, 5) is 14.4. The van der Waals surface area contributed by atoms with E-state index in [0.29, 0.717) is 19.1 Å². The molecule has 0 aromatic heterocycles. The van der Waals surface area contributed by atoms with Gasteiger partial charge in [-0.1, -0.05) is 6.92 Å². The number of hydrogen-bond donors (Lipinski definition) is 2. The van der Waals surface area contributed by atoms with Gasteiger partial charge in [-0.15, -0.1) is 0 Å². The summed E-state index contributed by atoms with van der Waals surface area (Å²) in [7, 11) is 0. The summed E-state index contributed by atoms with van der Waals surface area (Å²) >= 11 is 0. The van der Waals surface area contributed by atoms with Gasteiger partial charge in [-0.2, -0.15) is 0 Å². The van der Waals surface area contributed by atoms with Crippen LogP contribution in [0, 0.1) is 5.92 Å². The van der Waals surface area contributed by atoms with Gasteiger partial charge in [0.25, 0.3) is 0 Å². The van der Waals surface area contributed by atoms with Gasteiger partial charge in [0.1, 0.15) is 0 Å². The van der Waals surface area contributed by atoms with Gasteiger partial charge in [-0.05, 0) is 38.8 Å². The third kappa shape index (κ3) is 5.04. The van der Waals surface area contributed by atoms with Crippen LogP contribution in [-0.4, -0.2) is 62.3 Å². The normalized spacial score (nSPS) is 27.2. The third-order valence-corrected chi connectivity index (χ3v) is 4.47. The number of amides is 1. The lowest BCUT2D eigenvalue weighted by Crippen LogP contribution is -2.48. The first kappa shape index (κ1) is 15.7. The average Bonchev–Trinajstić information content (AvgIpc) is 2.46. The van der Waals surface area contributed by atoms with Crippen LogP contribution >= 0.6 is 0 Å². The molecule has 2 atom stereocenters. The molecule has 5 nitrogen and oxygen atoms in total. The van der Waals surface area contributed by atoms with Crippen molar-refractivity contribution in [2.75, 3.05) is 39.4 Å². The van der Waals surface area contributed by atoms with Gasteiger partial charge in [0.15, 0.2) is 0 Å². The van der Waals surface area contributed by atoms with Crippen LogP contribution < -0.4 is 10.6 Å². The van der Waals surface area contributed by atoms with Gasteiger partial charge in [-0.3, -0.25) is 9.69 Å². The number of nitrogens with one attached hydrogen (secondary N) is 2. The molecule has 2 N–H and O–H groups in total. The van der Waals surface area contributed by atoms with Crippen molar-refractivity contribution in [1.29, 1.82) is 0 Å². The summed E-state index contributed by atoms with van der Waals surface area (Å²) in [6, 6.07) is 0.608. The van der Waals surface area contributed by atoms with Gasteiger partial charge in [-0.25, -0.2) is 0 Å². The van der Waals surface area contributed by atoms with Crippen molar-refractivity contribution in [3.8, 4) is 0 Å². The lowest BCUT2D eigenvalue weighted by atomic mass is 9.98. The molecular weight excluding hydrogens is 254 g/mol. The van der Waals surface area contributed by atoms with Crippen LogP contribution in [-0.2, 0) is 9.53 Å². The number of morpholine rings is 1. The van der Waals surface area contributed by atoms with Gasteiger partial charge in [0.2, 0.25) is 5.91 Å². The molecule has 0 aliphatic carbocycles. The molecule has 0 radical (unpaired) electrons. The second-order valence-electron chi connectivity index (χ2n) is 6.30. The van der Waals surface area contributed by atoms with E-state index >= 15 is 0 Å². The molecule has 2 aliphatic heterocycles. The molecule has 0 saturated carbocycles. The number of rotatable bonds is 5. The van der Waals surface area contributed by atoms with E-state index in [2.05, 4.69) is 29.4 Å². The first-order valence-electron chi connectivity index (χ1n) is 7.97. The highest BCUT2D eigenvalue weighted by atomic mass is 16.5. The van der Waals surface area contributed by atoms with Crippen molar-refractivity contribution < 1.29 is 9.53 Å². The Morgan fingerprint density at radius 1 is 1.45 bits per heavy atom. The van der Waals surface area contributed by atoms with Crippen molar-refractivity contribution in [3.05, 3.63) is 0 Å². The Bertz CT molecular complexity index is 297. The van der Waals surface area contributed by atoms with Crippen molar-refractivity contribution in [1.82, 2.24) is 15.5 Å². The molecule has 2 rings (SSSR count). The standard InChI is InChI=1S/C15H29N3O2/c1-12-3-6-18(7-4-12)13(2)10-17-15(19)9-14-11-20-8-5-16-14/h12-14,16H,3-11H2,1-2H3,(H,17,19). The highest BCUT2D eigenvalue weighted by molar-refractivity contribution is 5.76. The second kappa shape index (κ2) is 7.96. The smallest absolute Gasteiger partial charge is 0.221 e. The molecule has 2 heterocycles. The van der Waals surface area contributed by atoms with Crippen molar-refractivity contribution >= 4 is 5.91 Å². The molecular formula is C15H29N3O2. The SMILES string of the molecule is CC1CCN(C(C)CNC(=O)CC2COCCN2)CC1. The van der Waals surface area contributed by atoms with E-state index < -0.39 is 0 Å². The number of piperidine rings is 1. The molecule has 2 aliphatic rings. The molecule has 2 fully saturated rings. The maximum atomic E-state index is 11.9. The van der Waals surface area contributed by atoms with Crippen LogP contribution in [0.1, 0.15) is 33.1 Å². The fourth-order valence-corrected chi connectivity index (χ4v) is 2.91. The van der Waals surface area contributed by atoms with Gasteiger partial charge >= 0.3 is 0 Å². The van der Waals surface area contributed by atoms with Crippen LogP contribution in [0.2, 0.25) is 0 Å². The number of ether oxygens (including phenoxy) is 1.